The normalized spacial score (nSPS) is 16.0. The summed E-state index contributed by atoms with van der Waals surface area (Å²) >= 11 is 0. The highest BCUT2D eigenvalue weighted by Crippen LogP contribution is 2.28. The Bertz CT molecular complexity index is 864. The van der Waals surface area contributed by atoms with Crippen LogP contribution in [0, 0.1) is 12.8 Å². The third-order valence-corrected chi connectivity index (χ3v) is 5.29. The minimum Gasteiger partial charge on any atom is -0.493 e. The molecule has 0 aromatic heterocycles. The second kappa shape index (κ2) is 9.45. The van der Waals surface area contributed by atoms with Gasteiger partial charge in [0.05, 0.1) is 20.1 Å². The largest absolute Gasteiger partial charge is 0.493 e. The highest BCUT2D eigenvalue weighted by Gasteiger charge is 2.33. The van der Waals surface area contributed by atoms with Gasteiger partial charge in [-0.3, -0.25) is 9.59 Å². The zero-order valence-electron chi connectivity index (χ0n) is 17.2. The highest BCUT2D eigenvalue weighted by molar-refractivity contribution is 5.89. The fourth-order valence-electron chi connectivity index (χ4n) is 3.50. The average Bonchev–Trinajstić information content (AvgIpc) is 3.12. The molecule has 6 heteroatoms. The molecular weight excluding hydrogens is 368 g/mol. The van der Waals surface area contributed by atoms with Crippen molar-refractivity contribution in [1.82, 2.24) is 10.2 Å². The molecular formula is C23H28N2O4. The fraction of sp³-hybridized carbons (Fsp3) is 0.391. The van der Waals surface area contributed by atoms with Gasteiger partial charge in [-0.1, -0.05) is 35.9 Å². The number of methoxy groups -OCH3 is 2. The number of hydrogen-bond acceptors (Lipinski definition) is 4. The maximum Gasteiger partial charge on any atom is 0.225 e. The summed E-state index contributed by atoms with van der Waals surface area (Å²) in [6.07, 6.45) is 0.968. The van der Waals surface area contributed by atoms with E-state index in [4.69, 9.17) is 9.47 Å². The van der Waals surface area contributed by atoms with Crippen LogP contribution in [-0.2, 0) is 22.6 Å². The van der Waals surface area contributed by atoms with Crippen LogP contribution in [-0.4, -0.2) is 44.0 Å². The van der Waals surface area contributed by atoms with E-state index < -0.39 is 0 Å². The molecule has 6 nitrogen and oxygen atoms in total. The van der Waals surface area contributed by atoms with Crippen LogP contribution in [0.15, 0.2) is 42.5 Å². The maximum atomic E-state index is 12.5. The molecule has 1 fully saturated rings. The van der Waals surface area contributed by atoms with Gasteiger partial charge in [-0.15, -0.1) is 0 Å². The lowest BCUT2D eigenvalue weighted by Gasteiger charge is -2.17. The van der Waals surface area contributed by atoms with E-state index in [0.29, 0.717) is 37.6 Å². The van der Waals surface area contributed by atoms with E-state index in [2.05, 4.69) is 5.32 Å². The molecule has 1 N–H and O–H groups in total. The lowest BCUT2D eigenvalue weighted by molar-refractivity contribution is -0.129. The molecule has 2 amide bonds. The van der Waals surface area contributed by atoms with E-state index >= 15 is 0 Å². The monoisotopic (exact) mass is 396 g/mol. The van der Waals surface area contributed by atoms with E-state index in [-0.39, 0.29) is 24.2 Å². The first kappa shape index (κ1) is 20.7. The molecule has 0 spiro atoms. The van der Waals surface area contributed by atoms with Gasteiger partial charge < -0.3 is 19.7 Å². The molecule has 0 bridgehead atoms. The predicted molar refractivity (Wildman–Crippen MR) is 111 cm³/mol. The first-order valence-electron chi connectivity index (χ1n) is 9.82. The number of rotatable bonds is 8. The number of amides is 2. The maximum absolute atomic E-state index is 12.5. The van der Waals surface area contributed by atoms with Crippen molar-refractivity contribution in [2.75, 3.05) is 27.3 Å². The minimum atomic E-state index is -0.293. The van der Waals surface area contributed by atoms with Crippen molar-refractivity contribution >= 4 is 11.8 Å². The Balaban J connectivity index is 1.50. The number of ether oxygens (including phenoxy) is 2. The summed E-state index contributed by atoms with van der Waals surface area (Å²) in [5, 5.41) is 2.95. The zero-order chi connectivity index (χ0) is 20.8. The molecule has 2 aromatic carbocycles. The minimum absolute atomic E-state index is 0.0287. The Kier molecular flexibility index (Phi) is 6.75. The molecule has 2 aromatic rings. The first-order chi connectivity index (χ1) is 14.0. The van der Waals surface area contributed by atoms with Crippen LogP contribution < -0.4 is 14.8 Å². The van der Waals surface area contributed by atoms with Crippen molar-refractivity contribution in [2.24, 2.45) is 5.92 Å². The summed E-state index contributed by atoms with van der Waals surface area (Å²) in [4.78, 5) is 26.6. The molecule has 0 aliphatic carbocycles. The topological polar surface area (TPSA) is 67.9 Å². The zero-order valence-corrected chi connectivity index (χ0v) is 17.2. The molecule has 1 aliphatic rings. The Morgan fingerprint density at radius 3 is 2.45 bits per heavy atom. The molecule has 29 heavy (non-hydrogen) atoms. The molecule has 0 unspecified atom stereocenters. The SMILES string of the molecule is COc1ccc(CCN2C[C@@H](C(=O)NCc3ccc(C)cc3)CC2=O)cc1OC. The predicted octanol–water partition coefficient (Wildman–Crippen LogP) is 2.72. The van der Waals surface area contributed by atoms with Crippen molar-refractivity contribution in [1.29, 1.82) is 0 Å². The van der Waals surface area contributed by atoms with E-state index in [9.17, 15) is 9.59 Å². The second-order valence-electron chi connectivity index (χ2n) is 7.38. The van der Waals surface area contributed by atoms with Gasteiger partial charge >= 0.3 is 0 Å². The molecule has 1 saturated heterocycles. The van der Waals surface area contributed by atoms with Crippen molar-refractivity contribution in [3.05, 3.63) is 59.2 Å². The number of hydrogen-bond donors (Lipinski definition) is 1. The summed E-state index contributed by atoms with van der Waals surface area (Å²) in [5.41, 5.74) is 3.30. The number of carbonyl (C=O) groups excluding carboxylic acids is 2. The Hall–Kier alpha value is -3.02. The molecule has 0 radical (unpaired) electrons. The standard InChI is InChI=1S/C23H28N2O4/c1-16-4-6-18(7-5-16)14-24-23(27)19-13-22(26)25(15-19)11-10-17-8-9-20(28-2)21(12-17)29-3/h4-9,12,19H,10-11,13-15H2,1-3H3,(H,24,27)/t19-/m0/s1. The number of carbonyl (C=O) groups is 2. The van der Waals surface area contributed by atoms with Crippen molar-refractivity contribution in [3.63, 3.8) is 0 Å². The number of nitrogens with one attached hydrogen (secondary N) is 1. The highest BCUT2D eigenvalue weighted by atomic mass is 16.5. The summed E-state index contributed by atoms with van der Waals surface area (Å²) in [5.74, 6) is 1.02. The van der Waals surface area contributed by atoms with Gasteiger partial charge in [0, 0.05) is 26.1 Å². The Labute approximate surface area is 171 Å². The molecule has 154 valence electrons. The van der Waals surface area contributed by atoms with Crippen molar-refractivity contribution in [2.45, 2.75) is 26.3 Å². The summed E-state index contributed by atoms with van der Waals surface area (Å²) in [6, 6.07) is 13.8. The third kappa shape index (κ3) is 5.28. The van der Waals surface area contributed by atoms with Gasteiger partial charge in [0.25, 0.3) is 0 Å². The molecule has 1 aliphatic heterocycles. The third-order valence-electron chi connectivity index (χ3n) is 5.29. The van der Waals surface area contributed by atoms with Crippen LogP contribution in [0.1, 0.15) is 23.1 Å². The Morgan fingerprint density at radius 2 is 1.76 bits per heavy atom. The number of nitrogens with zero attached hydrogens (tertiary/aromatic N) is 1. The molecule has 1 atom stereocenters. The summed E-state index contributed by atoms with van der Waals surface area (Å²) < 4.78 is 10.6. The lowest BCUT2D eigenvalue weighted by atomic mass is 10.1. The van der Waals surface area contributed by atoms with Crippen LogP contribution in [0.2, 0.25) is 0 Å². The molecule has 1 heterocycles. The van der Waals surface area contributed by atoms with E-state index in [1.807, 2.05) is 49.4 Å². The van der Waals surface area contributed by atoms with Gasteiger partial charge in [0.2, 0.25) is 11.8 Å². The van der Waals surface area contributed by atoms with Crippen LogP contribution in [0.3, 0.4) is 0 Å². The molecule has 3 rings (SSSR count). The Morgan fingerprint density at radius 1 is 1.07 bits per heavy atom. The van der Waals surface area contributed by atoms with Crippen molar-refractivity contribution < 1.29 is 19.1 Å². The smallest absolute Gasteiger partial charge is 0.225 e. The second-order valence-corrected chi connectivity index (χ2v) is 7.38. The van der Waals surface area contributed by atoms with Gasteiger partial charge in [-0.2, -0.15) is 0 Å². The van der Waals surface area contributed by atoms with Crippen LogP contribution in [0.4, 0.5) is 0 Å². The summed E-state index contributed by atoms with van der Waals surface area (Å²) in [7, 11) is 3.20. The van der Waals surface area contributed by atoms with Gasteiger partial charge in [-0.25, -0.2) is 0 Å². The van der Waals surface area contributed by atoms with Crippen LogP contribution >= 0.6 is 0 Å². The van der Waals surface area contributed by atoms with E-state index in [0.717, 1.165) is 11.1 Å². The van der Waals surface area contributed by atoms with Crippen molar-refractivity contribution in [3.8, 4) is 11.5 Å². The average molecular weight is 396 g/mol. The lowest BCUT2D eigenvalue weighted by Crippen LogP contribution is -2.33. The number of benzene rings is 2. The fourth-order valence-corrected chi connectivity index (χ4v) is 3.50. The first-order valence-corrected chi connectivity index (χ1v) is 9.82. The van der Waals surface area contributed by atoms with Gasteiger partial charge in [0.1, 0.15) is 0 Å². The van der Waals surface area contributed by atoms with Gasteiger partial charge in [0.15, 0.2) is 11.5 Å². The quantitative estimate of drug-likeness (QED) is 0.745. The van der Waals surface area contributed by atoms with Crippen LogP contribution in [0.5, 0.6) is 11.5 Å². The van der Waals surface area contributed by atoms with Crippen LogP contribution in [0.25, 0.3) is 0 Å². The molecule has 0 saturated carbocycles. The number of aryl methyl sites for hydroxylation is 1. The number of likely N-dealkylation sites (tertiary alicyclic amines) is 1. The summed E-state index contributed by atoms with van der Waals surface area (Å²) in [6.45, 7) is 3.56. The van der Waals surface area contributed by atoms with E-state index in [1.54, 1.807) is 19.1 Å². The van der Waals surface area contributed by atoms with Gasteiger partial charge in [-0.05, 0) is 36.6 Å². The van der Waals surface area contributed by atoms with E-state index in [1.165, 1.54) is 5.56 Å².